The van der Waals surface area contributed by atoms with Gasteiger partial charge in [-0.15, -0.1) is 0 Å². The van der Waals surface area contributed by atoms with E-state index in [-0.39, 0.29) is 35.6 Å². The zero-order valence-electron chi connectivity index (χ0n) is 18.0. The summed E-state index contributed by atoms with van der Waals surface area (Å²) in [7, 11) is 0. The van der Waals surface area contributed by atoms with Gasteiger partial charge in [-0.3, -0.25) is 9.79 Å². The molecule has 2 heterocycles. The molecule has 2 atom stereocenters. The van der Waals surface area contributed by atoms with Gasteiger partial charge >= 0.3 is 0 Å². The molecule has 34 heavy (non-hydrogen) atoms. The molecular formula is C25H22F2N4O3. The van der Waals surface area contributed by atoms with E-state index >= 15 is 0 Å². The van der Waals surface area contributed by atoms with Gasteiger partial charge in [0.1, 0.15) is 17.5 Å². The van der Waals surface area contributed by atoms with Crippen LogP contribution in [0.5, 0.6) is 0 Å². The highest BCUT2D eigenvalue weighted by molar-refractivity contribution is 6.19. The van der Waals surface area contributed by atoms with E-state index in [4.69, 9.17) is 0 Å². The third-order valence-electron chi connectivity index (χ3n) is 5.45. The standard InChI is InChI=1S/C25H22F2N4O3/c26-17-7-5-15(6-8-17)16-11-21(30-13-16)24-18(3-1-4-19(24)27)25(34)31-20(22(33)14-32)12-23-28-9-2-10-29-23/h1-11,20,22,32-33H,12-14H2,(H,31,34)/t20-,22+/m1/s1. The van der Waals surface area contributed by atoms with Crippen LogP contribution < -0.4 is 5.32 Å². The fourth-order valence-electron chi connectivity index (χ4n) is 3.68. The Hall–Kier alpha value is -3.82. The molecule has 0 aliphatic carbocycles. The van der Waals surface area contributed by atoms with Gasteiger partial charge in [0.25, 0.3) is 5.91 Å². The van der Waals surface area contributed by atoms with Crippen LogP contribution in [0.3, 0.4) is 0 Å². The van der Waals surface area contributed by atoms with E-state index in [0.717, 1.165) is 11.1 Å². The number of aliphatic hydroxyl groups is 2. The number of amides is 1. The zero-order valence-corrected chi connectivity index (χ0v) is 18.0. The third kappa shape index (κ3) is 5.22. The van der Waals surface area contributed by atoms with E-state index in [2.05, 4.69) is 20.3 Å². The molecule has 3 N–H and O–H groups in total. The minimum absolute atomic E-state index is 0.0188. The van der Waals surface area contributed by atoms with Crippen molar-refractivity contribution < 1.29 is 23.8 Å². The Kier molecular flexibility index (Phi) is 7.15. The van der Waals surface area contributed by atoms with Crippen molar-refractivity contribution in [2.75, 3.05) is 13.2 Å². The third-order valence-corrected chi connectivity index (χ3v) is 5.45. The molecule has 0 radical (unpaired) electrons. The Morgan fingerprint density at radius 2 is 1.79 bits per heavy atom. The van der Waals surface area contributed by atoms with Crippen LogP contribution in [0, 0.1) is 11.6 Å². The molecule has 1 amide bonds. The maximum Gasteiger partial charge on any atom is 0.252 e. The first-order chi connectivity index (χ1) is 16.5. The van der Waals surface area contributed by atoms with Gasteiger partial charge in [0.15, 0.2) is 0 Å². The number of carbonyl (C=O) groups is 1. The molecule has 1 aromatic heterocycles. The van der Waals surface area contributed by atoms with Crippen LogP contribution in [-0.4, -0.2) is 57.1 Å². The predicted octanol–water partition coefficient (Wildman–Crippen LogP) is 2.34. The molecule has 0 unspecified atom stereocenters. The van der Waals surface area contributed by atoms with E-state index in [9.17, 15) is 23.8 Å². The minimum Gasteiger partial charge on any atom is -0.394 e. The van der Waals surface area contributed by atoms with Gasteiger partial charge in [-0.1, -0.05) is 18.2 Å². The highest BCUT2D eigenvalue weighted by Gasteiger charge is 2.26. The molecule has 2 aromatic carbocycles. The van der Waals surface area contributed by atoms with Crippen LogP contribution in [0.25, 0.3) is 5.57 Å². The number of aliphatic hydroxyl groups excluding tert-OH is 2. The molecule has 0 spiro atoms. The molecule has 4 rings (SSSR count). The van der Waals surface area contributed by atoms with Crippen molar-refractivity contribution in [3.63, 3.8) is 0 Å². The Morgan fingerprint density at radius 3 is 2.50 bits per heavy atom. The summed E-state index contributed by atoms with van der Waals surface area (Å²) in [5.41, 5.74) is 1.84. The lowest BCUT2D eigenvalue weighted by atomic mass is 9.98. The largest absolute Gasteiger partial charge is 0.394 e. The van der Waals surface area contributed by atoms with Crippen molar-refractivity contribution in [2.45, 2.75) is 18.6 Å². The number of aliphatic imine (C=N–C) groups is 1. The Balaban J connectivity index is 1.60. The first kappa shape index (κ1) is 23.3. The van der Waals surface area contributed by atoms with Crippen molar-refractivity contribution in [1.82, 2.24) is 15.3 Å². The Morgan fingerprint density at radius 1 is 1.06 bits per heavy atom. The lowest BCUT2D eigenvalue weighted by Crippen LogP contribution is -2.47. The molecule has 174 valence electrons. The number of nitrogens with one attached hydrogen (secondary N) is 1. The van der Waals surface area contributed by atoms with Crippen LogP contribution >= 0.6 is 0 Å². The fraction of sp³-hybridized carbons (Fsp3) is 0.200. The molecule has 1 aliphatic rings. The van der Waals surface area contributed by atoms with Crippen molar-refractivity contribution in [2.24, 2.45) is 4.99 Å². The number of aromatic nitrogens is 2. The first-order valence-electron chi connectivity index (χ1n) is 10.6. The van der Waals surface area contributed by atoms with Gasteiger partial charge in [-0.05, 0) is 47.5 Å². The summed E-state index contributed by atoms with van der Waals surface area (Å²) in [5.74, 6) is -1.27. The second-order valence-electron chi connectivity index (χ2n) is 7.74. The van der Waals surface area contributed by atoms with Crippen molar-refractivity contribution >= 4 is 17.2 Å². The summed E-state index contributed by atoms with van der Waals surface area (Å²) in [6.45, 7) is -0.335. The molecule has 0 bridgehead atoms. The van der Waals surface area contributed by atoms with Crippen LogP contribution in [0.4, 0.5) is 8.78 Å². The quantitative estimate of drug-likeness (QED) is 0.474. The molecule has 0 saturated carbocycles. The SMILES string of the molecule is O=C(N[C@H](Cc1ncccn1)[C@@H](O)CO)c1cccc(F)c1C1=NCC(c2ccc(F)cc2)=C1. The van der Waals surface area contributed by atoms with Crippen molar-refractivity contribution in [3.05, 3.63) is 101 Å². The second kappa shape index (κ2) is 10.4. The summed E-state index contributed by atoms with van der Waals surface area (Å²) >= 11 is 0. The van der Waals surface area contributed by atoms with Gasteiger partial charge in [0, 0.05) is 24.4 Å². The number of carbonyl (C=O) groups excluding carboxylic acids is 1. The average molecular weight is 464 g/mol. The average Bonchev–Trinajstić information content (AvgIpc) is 3.33. The Bertz CT molecular complexity index is 1230. The molecule has 1 aliphatic heterocycles. The van der Waals surface area contributed by atoms with Crippen LogP contribution in [0.15, 0.2) is 72.0 Å². The summed E-state index contributed by atoms with van der Waals surface area (Å²) in [6, 6.07) is 10.7. The number of hydrogen-bond donors (Lipinski definition) is 3. The molecule has 9 heteroatoms. The van der Waals surface area contributed by atoms with Gasteiger partial charge in [0.2, 0.25) is 0 Å². The van der Waals surface area contributed by atoms with Gasteiger partial charge in [-0.25, -0.2) is 18.7 Å². The second-order valence-corrected chi connectivity index (χ2v) is 7.74. The van der Waals surface area contributed by atoms with E-state index in [1.807, 2.05) is 0 Å². The van der Waals surface area contributed by atoms with Crippen LogP contribution in [0.2, 0.25) is 0 Å². The monoisotopic (exact) mass is 464 g/mol. The first-order valence-corrected chi connectivity index (χ1v) is 10.6. The molecule has 3 aromatic rings. The number of rotatable bonds is 8. The van der Waals surface area contributed by atoms with E-state index in [0.29, 0.717) is 5.82 Å². The topological polar surface area (TPSA) is 108 Å². The minimum atomic E-state index is -1.28. The number of halogens is 2. The fourth-order valence-corrected chi connectivity index (χ4v) is 3.68. The predicted molar refractivity (Wildman–Crippen MR) is 122 cm³/mol. The lowest BCUT2D eigenvalue weighted by molar-refractivity contribution is 0.0562. The van der Waals surface area contributed by atoms with Crippen molar-refractivity contribution in [1.29, 1.82) is 0 Å². The zero-order chi connectivity index (χ0) is 24.1. The number of hydrogen-bond acceptors (Lipinski definition) is 6. The smallest absolute Gasteiger partial charge is 0.252 e. The summed E-state index contributed by atoms with van der Waals surface area (Å²) in [5, 5.41) is 22.3. The van der Waals surface area contributed by atoms with Crippen molar-refractivity contribution in [3.8, 4) is 0 Å². The highest BCUT2D eigenvalue weighted by Crippen LogP contribution is 2.25. The number of allylic oxidation sites excluding steroid dienone is 1. The van der Waals surface area contributed by atoms with Crippen LogP contribution in [-0.2, 0) is 6.42 Å². The lowest BCUT2D eigenvalue weighted by Gasteiger charge is -2.23. The van der Waals surface area contributed by atoms with E-state index in [1.54, 1.807) is 24.3 Å². The summed E-state index contributed by atoms with van der Waals surface area (Å²) in [4.78, 5) is 25.7. The van der Waals surface area contributed by atoms with E-state index < -0.39 is 30.5 Å². The van der Waals surface area contributed by atoms with Gasteiger partial charge in [0.05, 0.1) is 36.6 Å². The molecule has 0 fully saturated rings. The summed E-state index contributed by atoms with van der Waals surface area (Å²) < 4.78 is 28.2. The molecular weight excluding hydrogens is 442 g/mol. The maximum atomic E-state index is 14.9. The number of benzene rings is 2. The normalized spacial score (nSPS) is 14.8. The highest BCUT2D eigenvalue weighted by atomic mass is 19.1. The molecule has 7 nitrogen and oxygen atoms in total. The van der Waals surface area contributed by atoms with Gasteiger partial charge in [-0.2, -0.15) is 0 Å². The number of nitrogens with zero attached hydrogens (tertiary/aromatic N) is 3. The van der Waals surface area contributed by atoms with Crippen LogP contribution in [0.1, 0.15) is 27.3 Å². The molecule has 0 saturated heterocycles. The van der Waals surface area contributed by atoms with Gasteiger partial charge < -0.3 is 15.5 Å². The Labute approximate surface area is 194 Å². The summed E-state index contributed by atoms with van der Waals surface area (Å²) in [6.07, 6.45) is 3.51. The van der Waals surface area contributed by atoms with E-state index in [1.165, 1.54) is 42.7 Å². The maximum absolute atomic E-state index is 14.9.